The molecule has 0 bridgehead atoms. The Hall–Kier alpha value is -3.82. The van der Waals surface area contributed by atoms with Crippen molar-refractivity contribution in [3.63, 3.8) is 0 Å². The van der Waals surface area contributed by atoms with Crippen molar-refractivity contribution in [3.05, 3.63) is 58.1 Å². The minimum absolute atomic E-state index is 0.326. The monoisotopic (exact) mass is 519 g/mol. The van der Waals surface area contributed by atoms with E-state index in [1.54, 1.807) is 33.5 Å². The summed E-state index contributed by atoms with van der Waals surface area (Å²) in [4.78, 5) is 21.4. The summed E-state index contributed by atoms with van der Waals surface area (Å²) in [5.41, 5.74) is 11.9. The molecule has 1 aliphatic rings. The number of benzene rings is 2. The first kappa shape index (κ1) is 24.9. The molecule has 2 aromatic carbocycles. The Labute approximate surface area is 219 Å². The highest BCUT2D eigenvalue weighted by Crippen LogP contribution is 2.47. The predicted molar refractivity (Wildman–Crippen MR) is 145 cm³/mol. The number of aromatic nitrogens is 1. The maximum absolute atomic E-state index is 13.2. The van der Waals surface area contributed by atoms with Crippen molar-refractivity contribution in [2.45, 2.75) is 19.9 Å². The molecule has 1 aliphatic heterocycles. The molecule has 0 radical (unpaired) electrons. The van der Waals surface area contributed by atoms with Crippen molar-refractivity contribution in [3.8, 4) is 34.1 Å². The average Bonchev–Trinajstić information content (AvgIpc) is 3.23. The molecule has 0 fully saturated rings. The van der Waals surface area contributed by atoms with Crippen molar-refractivity contribution in [1.82, 2.24) is 9.88 Å². The van der Waals surface area contributed by atoms with Crippen molar-refractivity contribution >= 4 is 33.2 Å². The van der Waals surface area contributed by atoms with Gasteiger partial charge >= 0.3 is 5.97 Å². The third-order valence-electron chi connectivity index (χ3n) is 6.59. The summed E-state index contributed by atoms with van der Waals surface area (Å²) in [5.74, 6) is 1.53. The highest BCUT2D eigenvalue weighted by atomic mass is 32.1. The molecule has 0 unspecified atom stereocenters. The molecule has 0 atom stereocenters. The van der Waals surface area contributed by atoms with Gasteiger partial charge in [0.1, 0.15) is 15.5 Å². The first-order valence-electron chi connectivity index (χ1n) is 11.9. The number of ether oxygens (including phenoxy) is 4. The van der Waals surface area contributed by atoms with E-state index in [4.69, 9.17) is 29.7 Å². The number of pyridine rings is 1. The fourth-order valence-corrected chi connectivity index (χ4v) is 5.72. The number of nitrogens with two attached hydrogens (primary N) is 1. The third-order valence-corrected chi connectivity index (χ3v) is 7.67. The van der Waals surface area contributed by atoms with E-state index < -0.39 is 5.97 Å². The molecule has 2 aromatic heterocycles. The Morgan fingerprint density at radius 3 is 2.35 bits per heavy atom. The third kappa shape index (κ3) is 4.45. The second-order valence-electron chi connectivity index (χ2n) is 9.04. The highest BCUT2D eigenvalue weighted by Gasteiger charge is 2.29. The van der Waals surface area contributed by atoms with Crippen LogP contribution in [-0.4, -0.2) is 50.8 Å². The molecule has 192 valence electrons. The molecule has 0 aliphatic carbocycles. The number of carbonyl (C=O) groups excluding carboxylic acids is 1. The molecule has 4 aromatic rings. The van der Waals surface area contributed by atoms with E-state index in [1.807, 2.05) is 31.2 Å². The average molecular weight is 520 g/mol. The van der Waals surface area contributed by atoms with Gasteiger partial charge in [-0.25, -0.2) is 9.78 Å². The summed E-state index contributed by atoms with van der Waals surface area (Å²) < 4.78 is 22.5. The van der Waals surface area contributed by atoms with Crippen molar-refractivity contribution in [2.75, 3.05) is 40.7 Å². The van der Waals surface area contributed by atoms with Gasteiger partial charge < -0.3 is 29.6 Å². The standard InChI is InChI=1S/C28H29N3O5S/c1-15-6-8-17(9-7-15)36-28(32)26-24(29)23-22(16-12-20(33-3)25(35-5)21(13-16)34-4)18-14-31(2)11-10-19(18)30-27(23)37-26/h6-9,12-13H,10-11,14,29H2,1-5H3. The minimum Gasteiger partial charge on any atom is -0.493 e. The predicted octanol–water partition coefficient (Wildman–Crippen LogP) is 5.09. The summed E-state index contributed by atoms with van der Waals surface area (Å²) in [6.45, 7) is 3.57. The van der Waals surface area contributed by atoms with E-state index in [0.717, 1.165) is 46.3 Å². The van der Waals surface area contributed by atoms with E-state index >= 15 is 0 Å². The second kappa shape index (κ2) is 9.91. The van der Waals surface area contributed by atoms with Crippen LogP contribution in [0.3, 0.4) is 0 Å². The number of nitrogen functional groups attached to an aromatic ring is 1. The lowest BCUT2D eigenvalue weighted by Crippen LogP contribution is -2.28. The number of esters is 1. The number of methoxy groups -OCH3 is 3. The van der Waals surface area contributed by atoms with Crippen LogP contribution in [0.5, 0.6) is 23.0 Å². The van der Waals surface area contributed by atoms with Crippen LogP contribution in [0.15, 0.2) is 36.4 Å². The number of likely N-dealkylation sites (N-methyl/N-ethyl adjacent to an activating group) is 1. The van der Waals surface area contributed by atoms with E-state index in [0.29, 0.717) is 44.9 Å². The maximum atomic E-state index is 13.2. The molecule has 0 spiro atoms. The lowest BCUT2D eigenvalue weighted by atomic mass is 9.91. The van der Waals surface area contributed by atoms with Crippen LogP contribution in [0.2, 0.25) is 0 Å². The van der Waals surface area contributed by atoms with Crippen LogP contribution in [-0.2, 0) is 13.0 Å². The number of thiophene rings is 1. The zero-order chi connectivity index (χ0) is 26.3. The van der Waals surface area contributed by atoms with E-state index in [-0.39, 0.29) is 0 Å². The smallest absolute Gasteiger partial charge is 0.355 e. The summed E-state index contributed by atoms with van der Waals surface area (Å²) in [7, 11) is 6.83. The first-order valence-corrected chi connectivity index (χ1v) is 12.7. The molecule has 0 amide bonds. The minimum atomic E-state index is -0.504. The molecule has 5 rings (SSSR count). The highest BCUT2D eigenvalue weighted by molar-refractivity contribution is 7.21. The maximum Gasteiger partial charge on any atom is 0.355 e. The number of nitrogens with zero attached hydrogens (tertiary/aromatic N) is 2. The Kier molecular flexibility index (Phi) is 6.66. The normalized spacial score (nSPS) is 13.3. The van der Waals surface area contributed by atoms with Gasteiger partial charge in [-0.1, -0.05) is 17.7 Å². The van der Waals surface area contributed by atoms with Crippen LogP contribution in [0.1, 0.15) is 26.5 Å². The number of rotatable bonds is 6. The summed E-state index contributed by atoms with van der Waals surface area (Å²) in [5, 5.41) is 0.726. The Balaban J connectivity index is 1.73. The fourth-order valence-electron chi connectivity index (χ4n) is 4.72. The number of hydrogen-bond donors (Lipinski definition) is 1. The lowest BCUT2D eigenvalue weighted by molar-refractivity contribution is 0.0741. The summed E-state index contributed by atoms with van der Waals surface area (Å²) in [6.07, 6.45) is 0.792. The van der Waals surface area contributed by atoms with Gasteiger partial charge in [0.05, 0.1) is 27.0 Å². The molecular formula is C28H29N3O5S. The number of carbonyl (C=O) groups is 1. The molecule has 2 N–H and O–H groups in total. The second-order valence-corrected chi connectivity index (χ2v) is 10.0. The number of hydrogen-bond acceptors (Lipinski definition) is 9. The summed E-state index contributed by atoms with van der Waals surface area (Å²) in [6, 6.07) is 11.1. The van der Waals surface area contributed by atoms with Crippen LogP contribution < -0.4 is 24.7 Å². The van der Waals surface area contributed by atoms with E-state index in [1.165, 1.54) is 11.3 Å². The van der Waals surface area contributed by atoms with Gasteiger partial charge in [0.2, 0.25) is 5.75 Å². The SMILES string of the molecule is COc1cc(-c2c3c(nc4sc(C(=O)Oc5ccc(C)cc5)c(N)c24)CCN(C)C3)cc(OC)c1OC. The van der Waals surface area contributed by atoms with Gasteiger partial charge in [-0.15, -0.1) is 11.3 Å². The zero-order valence-corrected chi connectivity index (χ0v) is 22.3. The van der Waals surface area contributed by atoms with Gasteiger partial charge in [-0.2, -0.15) is 0 Å². The Morgan fingerprint density at radius 2 is 1.73 bits per heavy atom. The topological polar surface area (TPSA) is 96.1 Å². The quantitative estimate of drug-likeness (QED) is 0.278. The van der Waals surface area contributed by atoms with Crippen molar-refractivity contribution < 1.29 is 23.7 Å². The molecule has 9 heteroatoms. The van der Waals surface area contributed by atoms with Crippen LogP contribution in [0.4, 0.5) is 5.69 Å². The first-order chi connectivity index (χ1) is 17.8. The molecule has 37 heavy (non-hydrogen) atoms. The molecule has 0 saturated heterocycles. The fraction of sp³-hybridized carbons (Fsp3) is 0.286. The number of fused-ring (bicyclic) bond motifs is 2. The Morgan fingerprint density at radius 1 is 1.05 bits per heavy atom. The lowest BCUT2D eigenvalue weighted by Gasteiger charge is -2.27. The zero-order valence-electron chi connectivity index (χ0n) is 21.5. The van der Waals surface area contributed by atoms with E-state index in [2.05, 4.69) is 11.9 Å². The van der Waals surface area contributed by atoms with Crippen LogP contribution in [0.25, 0.3) is 21.3 Å². The van der Waals surface area contributed by atoms with Gasteiger partial charge in [0.15, 0.2) is 11.5 Å². The largest absolute Gasteiger partial charge is 0.493 e. The van der Waals surface area contributed by atoms with Crippen LogP contribution in [0, 0.1) is 6.92 Å². The number of aryl methyl sites for hydroxylation is 1. The Bertz CT molecular complexity index is 1470. The molecule has 3 heterocycles. The van der Waals surface area contributed by atoms with E-state index in [9.17, 15) is 4.79 Å². The molecule has 0 saturated carbocycles. The van der Waals surface area contributed by atoms with Gasteiger partial charge in [-0.3, -0.25) is 0 Å². The van der Waals surface area contributed by atoms with Gasteiger partial charge in [0, 0.05) is 36.2 Å². The number of anilines is 1. The van der Waals surface area contributed by atoms with Gasteiger partial charge in [-0.05, 0) is 49.4 Å². The van der Waals surface area contributed by atoms with Gasteiger partial charge in [0.25, 0.3) is 0 Å². The van der Waals surface area contributed by atoms with Crippen LogP contribution >= 0.6 is 11.3 Å². The van der Waals surface area contributed by atoms with Crippen molar-refractivity contribution in [1.29, 1.82) is 0 Å². The molecule has 8 nitrogen and oxygen atoms in total. The molecular weight excluding hydrogens is 490 g/mol. The van der Waals surface area contributed by atoms with Crippen molar-refractivity contribution in [2.24, 2.45) is 0 Å². The summed E-state index contributed by atoms with van der Waals surface area (Å²) >= 11 is 1.25.